The van der Waals surface area contributed by atoms with Crippen LogP contribution in [0.15, 0.2) is 65.7 Å². The molecule has 0 unspecified atom stereocenters. The molecule has 1 fully saturated rings. The number of nitrogens with zero attached hydrogens (tertiary/aromatic N) is 2. The third-order valence-electron chi connectivity index (χ3n) is 4.98. The number of imide groups is 1. The average molecular weight is 437 g/mol. The maximum Gasteiger partial charge on any atom is 0.293 e. The summed E-state index contributed by atoms with van der Waals surface area (Å²) in [6.45, 7) is 0.764. The highest BCUT2D eigenvalue weighted by Gasteiger charge is 2.34. The standard InChI is InChI=1S/C23H20FN3O3S/c24-18-7-3-1-6-17(18)15-20-22(29)27(23(30)31-20)14-11-25-21(28)10-13-26-12-9-16-5-2-4-8-19(16)26/h1-9,12,15H,10-11,13-14H2,(H,25,28). The number of benzene rings is 2. The van der Waals surface area contributed by atoms with Crippen LogP contribution in [0.4, 0.5) is 9.18 Å². The molecule has 3 aromatic rings. The van der Waals surface area contributed by atoms with Gasteiger partial charge < -0.3 is 9.88 Å². The molecule has 2 aromatic carbocycles. The number of carbonyl (C=O) groups excluding carboxylic acids is 3. The summed E-state index contributed by atoms with van der Waals surface area (Å²) in [7, 11) is 0. The van der Waals surface area contributed by atoms with Gasteiger partial charge in [0.15, 0.2) is 0 Å². The minimum Gasteiger partial charge on any atom is -0.354 e. The van der Waals surface area contributed by atoms with Gasteiger partial charge in [-0.05, 0) is 41.4 Å². The zero-order chi connectivity index (χ0) is 21.8. The third kappa shape index (κ3) is 4.69. The van der Waals surface area contributed by atoms with Gasteiger partial charge in [-0.1, -0.05) is 36.4 Å². The van der Waals surface area contributed by atoms with Crippen LogP contribution >= 0.6 is 11.8 Å². The maximum absolute atomic E-state index is 13.8. The van der Waals surface area contributed by atoms with Gasteiger partial charge in [-0.2, -0.15) is 0 Å². The van der Waals surface area contributed by atoms with Gasteiger partial charge in [0.05, 0.1) is 4.91 Å². The molecule has 0 spiro atoms. The minimum atomic E-state index is -0.480. The van der Waals surface area contributed by atoms with Crippen molar-refractivity contribution in [2.24, 2.45) is 0 Å². The fourth-order valence-corrected chi connectivity index (χ4v) is 4.24. The van der Waals surface area contributed by atoms with Crippen molar-refractivity contribution in [2.45, 2.75) is 13.0 Å². The van der Waals surface area contributed by atoms with Crippen molar-refractivity contribution in [3.63, 3.8) is 0 Å². The number of fused-ring (bicyclic) bond motifs is 1. The van der Waals surface area contributed by atoms with Gasteiger partial charge in [0.1, 0.15) is 5.82 Å². The summed E-state index contributed by atoms with van der Waals surface area (Å²) in [6.07, 6.45) is 3.61. The summed E-state index contributed by atoms with van der Waals surface area (Å²) in [5, 5.41) is 3.43. The number of thioether (sulfide) groups is 1. The molecule has 0 bridgehead atoms. The number of halogens is 1. The SMILES string of the molecule is O=C(CCn1ccc2ccccc21)NCCN1C(=O)SC(=Cc2ccccc2F)C1=O. The van der Waals surface area contributed by atoms with Crippen LogP contribution < -0.4 is 5.32 Å². The summed E-state index contributed by atoms with van der Waals surface area (Å²) < 4.78 is 15.8. The van der Waals surface area contributed by atoms with Gasteiger partial charge in [-0.25, -0.2) is 4.39 Å². The lowest BCUT2D eigenvalue weighted by molar-refractivity contribution is -0.124. The van der Waals surface area contributed by atoms with Crippen molar-refractivity contribution < 1.29 is 18.8 Å². The molecule has 0 radical (unpaired) electrons. The zero-order valence-electron chi connectivity index (χ0n) is 16.6. The molecule has 1 N–H and O–H groups in total. The topological polar surface area (TPSA) is 71.4 Å². The van der Waals surface area contributed by atoms with Crippen molar-refractivity contribution >= 4 is 45.8 Å². The smallest absolute Gasteiger partial charge is 0.293 e. The van der Waals surface area contributed by atoms with E-state index in [1.165, 1.54) is 18.2 Å². The third-order valence-corrected chi connectivity index (χ3v) is 5.89. The molecular weight excluding hydrogens is 417 g/mol. The fraction of sp³-hybridized carbons (Fsp3) is 0.174. The Morgan fingerprint density at radius 1 is 1.03 bits per heavy atom. The second-order valence-electron chi connectivity index (χ2n) is 7.02. The van der Waals surface area contributed by atoms with E-state index in [9.17, 15) is 18.8 Å². The molecule has 1 aromatic heterocycles. The van der Waals surface area contributed by atoms with Crippen LogP contribution in [0, 0.1) is 5.82 Å². The Labute approximate surface area is 182 Å². The monoisotopic (exact) mass is 437 g/mol. The van der Waals surface area contributed by atoms with Crippen LogP contribution in [0.3, 0.4) is 0 Å². The van der Waals surface area contributed by atoms with E-state index in [1.807, 2.05) is 41.1 Å². The highest BCUT2D eigenvalue weighted by Crippen LogP contribution is 2.32. The Hall–Kier alpha value is -3.39. The fourth-order valence-electron chi connectivity index (χ4n) is 3.38. The summed E-state index contributed by atoms with van der Waals surface area (Å²) >= 11 is 0.770. The Kier molecular flexibility index (Phi) is 6.18. The molecule has 158 valence electrons. The molecule has 2 heterocycles. The molecule has 6 nitrogen and oxygen atoms in total. The number of nitrogens with one attached hydrogen (secondary N) is 1. The average Bonchev–Trinajstić information content (AvgIpc) is 3.29. The highest BCUT2D eigenvalue weighted by atomic mass is 32.2. The molecule has 8 heteroatoms. The van der Waals surface area contributed by atoms with Crippen LogP contribution in [0.1, 0.15) is 12.0 Å². The van der Waals surface area contributed by atoms with Crippen LogP contribution in [0.25, 0.3) is 17.0 Å². The summed E-state index contributed by atoms with van der Waals surface area (Å²) in [5.74, 6) is -1.10. The lowest BCUT2D eigenvalue weighted by Crippen LogP contribution is -2.37. The molecule has 3 amide bonds. The first-order chi connectivity index (χ1) is 15.0. The number of para-hydroxylation sites is 1. The second kappa shape index (κ2) is 9.18. The molecule has 0 saturated carbocycles. The van der Waals surface area contributed by atoms with Crippen molar-refractivity contribution in [1.29, 1.82) is 0 Å². The van der Waals surface area contributed by atoms with Crippen molar-refractivity contribution in [2.75, 3.05) is 13.1 Å². The van der Waals surface area contributed by atoms with Crippen LogP contribution in [0.5, 0.6) is 0 Å². The van der Waals surface area contributed by atoms with E-state index in [0.717, 1.165) is 27.6 Å². The molecule has 1 saturated heterocycles. The van der Waals surface area contributed by atoms with E-state index in [4.69, 9.17) is 0 Å². The molecule has 31 heavy (non-hydrogen) atoms. The van der Waals surface area contributed by atoms with Crippen LogP contribution in [-0.4, -0.2) is 39.6 Å². The molecule has 1 aliphatic heterocycles. The molecule has 1 aliphatic rings. The quantitative estimate of drug-likeness (QED) is 0.567. The molecule has 0 atom stereocenters. The predicted molar refractivity (Wildman–Crippen MR) is 119 cm³/mol. The number of aromatic nitrogens is 1. The number of carbonyl (C=O) groups is 3. The van der Waals surface area contributed by atoms with Crippen LogP contribution in [-0.2, 0) is 16.1 Å². The first-order valence-electron chi connectivity index (χ1n) is 9.83. The first kappa shape index (κ1) is 20.9. The molecular formula is C23H20FN3O3S. The van der Waals surface area contributed by atoms with Gasteiger partial charge in [0.25, 0.3) is 11.1 Å². The van der Waals surface area contributed by atoms with Gasteiger partial charge in [-0.3, -0.25) is 19.3 Å². The normalized spacial score (nSPS) is 15.3. The highest BCUT2D eigenvalue weighted by molar-refractivity contribution is 8.18. The number of hydrogen-bond donors (Lipinski definition) is 1. The molecule has 0 aliphatic carbocycles. The lowest BCUT2D eigenvalue weighted by atomic mass is 10.2. The van der Waals surface area contributed by atoms with E-state index in [0.29, 0.717) is 6.54 Å². The minimum absolute atomic E-state index is 0.0669. The summed E-state index contributed by atoms with van der Waals surface area (Å²) in [6, 6.07) is 16.0. The first-order valence-corrected chi connectivity index (χ1v) is 10.6. The Balaban J connectivity index is 1.28. The molecule has 4 rings (SSSR count). The van der Waals surface area contributed by atoms with E-state index in [2.05, 4.69) is 5.32 Å². The number of amides is 3. The van der Waals surface area contributed by atoms with Crippen molar-refractivity contribution in [1.82, 2.24) is 14.8 Å². The van der Waals surface area contributed by atoms with Gasteiger partial charge in [0.2, 0.25) is 5.91 Å². The van der Waals surface area contributed by atoms with E-state index < -0.39 is 17.0 Å². The predicted octanol–water partition coefficient (Wildman–Crippen LogP) is 4.02. The second-order valence-corrected chi connectivity index (χ2v) is 8.02. The van der Waals surface area contributed by atoms with Gasteiger partial charge in [-0.15, -0.1) is 0 Å². The Bertz CT molecular complexity index is 1190. The van der Waals surface area contributed by atoms with E-state index in [-0.39, 0.29) is 35.9 Å². The van der Waals surface area contributed by atoms with Crippen molar-refractivity contribution in [3.05, 3.63) is 77.1 Å². The summed E-state index contributed by atoms with van der Waals surface area (Å²) in [4.78, 5) is 38.1. The summed E-state index contributed by atoms with van der Waals surface area (Å²) in [5.41, 5.74) is 1.31. The Morgan fingerprint density at radius 2 is 1.81 bits per heavy atom. The largest absolute Gasteiger partial charge is 0.354 e. The van der Waals surface area contributed by atoms with Gasteiger partial charge >= 0.3 is 0 Å². The lowest BCUT2D eigenvalue weighted by Gasteiger charge is -2.13. The van der Waals surface area contributed by atoms with Crippen LogP contribution in [0.2, 0.25) is 0 Å². The number of hydrogen-bond acceptors (Lipinski definition) is 4. The van der Waals surface area contributed by atoms with Gasteiger partial charge in [0, 0.05) is 43.3 Å². The number of rotatable bonds is 7. The van der Waals surface area contributed by atoms with Crippen molar-refractivity contribution in [3.8, 4) is 0 Å². The van der Waals surface area contributed by atoms with E-state index >= 15 is 0 Å². The Morgan fingerprint density at radius 3 is 2.65 bits per heavy atom. The van der Waals surface area contributed by atoms with E-state index in [1.54, 1.807) is 12.1 Å². The maximum atomic E-state index is 13.8. The number of aryl methyl sites for hydroxylation is 1. The zero-order valence-corrected chi connectivity index (χ0v) is 17.4.